The predicted molar refractivity (Wildman–Crippen MR) is 87.8 cm³/mol. The zero-order chi connectivity index (χ0) is 15.2. The van der Waals surface area contributed by atoms with Crippen LogP contribution in [0.25, 0.3) is 11.3 Å². The highest BCUT2D eigenvalue weighted by molar-refractivity contribution is 7.86. The Morgan fingerprint density at radius 2 is 1.73 bits per heavy atom. The highest BCUT2D eigenvalue weighted by atomic mass is 32.2. The maximum absolute atomic E-state index is 12.1. The molecule has 114 valence electrons. The van der Waals surface area contributed by atoms with E-state index in [4.69, 9.17) is 0 Å². The molecule has 2 saturated heterocycles. The van der Waals surface area contributed by atoms with E-state index in [0.717, 1.165) is 29.7 Å². The van der Waals surface area contributed by atoms with Crippen LogP contribution in [-0.4, -0.2) is 24.8 Å². The lowest BCUT2D eigenvalue weighted by molar-refractivity contribution is 0.0185. The first kappa shape index (κ1) is 14.1. The summed E-state index contributed by atoms with van der Waals surface area (Å²) >= 11 is 0. The molecule has 0 aliphatic carbocycles. The van der Waals surface area contributed by atoms with Gasteiger partial charge in [-0.2, -0.15) is 0 Å². The van der Waals surface area contributed by atoms with E-state index in [0.29, 0.717) is 12.8 Å². The number of aromatic nitrogens is 1. The molecule has 4 heteroatoms. The Morgan fingerprint density at radius 3 is 2.32 bits per heavy atom. The molecule has 1 N–H and O–H groups in total. The van der Waals surface area contributed by atoms with Gasteiger partial charge in [0, 0.05) is 33.1 Å². The molecule has 2 atom stereocenters. The Hall–Kier alpha value is -1.52. The lowest BCUT2D eigenvalue weighted by Crippen LogP contribution is -2.40. The first-order chi connectivity index (χ1) is 10.7. The molecule has 22 heavy (non-hydrogen) atoms. The van der Waals surface area contributed by atoms with Crippen molar-refractivity contribution in [2.45, 2.75) is 41.8 Å². The van der Waals surface area contributed by atoms with Gasteiger partial charge in [0.2, 0.25) is 0 Å². The van der Waals surface area contributed by atoms with Crippen molar-refractivity contribution in [3.05, 3.63) is 54.2 Å². The molecule has 1 aromatic carbocycles. The average Bonchev–Trinajstić information content (AvgIpc) is 2.78. The molecule has 2 aromatic rings. The van der Waals surface area contributed by atoms with Crippen molar-refractivity contribution >= 4 is 10.8 Å². The summed E-state index contributed by atoms with van der Waals surface area (Å²) in [6, 6.07) is 13.9. The molecule has 3 heterocycles. The molecule has 2 bridgehead atoms. The van der Waals surface area contributed by atoms with E-state index in [1.807, 2.05) is 42.5 Å². The van der Waals surface area contributed by atoms with Crippen LogP contribution in [-0.2, 0) is 16.4 Å². The summed E-state index contributed by atoms with van der Waals surface area (Å²) in [6.45, 7) is 0. The second-order valence-electron chi connectivity index (χ2n) is 6.38. The summed E-state index contributed by atoms with van der Waals surface area (Å²) in [5, 5.41) is 11.4. The molecular weight excluding hydrogens is 294 g/mol. The fourth-order valence-electron chi connectivity index (χ4n) is 3.80. The Balaban J connectivity index is 1.62. The topological polar surface area (TPSA) is 50.2 Å². The van der Waals surface area contributed by atoms with Crippen LogP contribution in [0.3, 0.4) is 0 Å². The number of nitrogens with zero attached hydrogens (tertiary/aromatic N) is 1. The Labute approximate surface area is 132 Å². The number of fused-ring (bicyclic) bond motifs is 2. The van der Waals surface area contributed by atoms with E-state index in [9.17, 15) is 9.32 Å². The van der Waals surface area contributed by atoms with Crippen molar-refractivity contribution in [1.82, 2.24) is 4.98 Å². The zero-order valence-electron chi connectivity index (χ0n) is 12.3. The highest BCUT2D eigenvalue weighted by Gasteiger charge is 2.48. The number of hydrogen-bond acceptors (Lipinski definition) is 3. The Kier molecular flexibility index (Phi) is 3.39. The minimum absolute atomic E-state index is 0.166. The lowest BCUT2D eigenvalue weighted by Gasteiger charge is -2.36. The smallest absolute Gasteiger partial charge is 0.0919 e. The largest absolute Gasteiger partial charge is 0.385 e. The molecular formula is C18H19NO2S. The monoisotopic (exact) mass is 313 g/mol. The summed E-state index contributed by atoms with van der Waals surface area (Å²) in [5.41, 5.74) is 2.12. The van der Waals surface area contributed by atoms with Crippen LogP contribution in [0.4, 0.5) is 0 Å². The van der Waals surface area contributed by atoms with Crippen LogP contribution in [0.2, 0.25) is 0 Å². The highest BCUT2D eigenvalue weighted by Crippen LogP contribution is 2.45. The van der Waals surface area contributed by atoms with E-state index in [1.54, 1.807) is 6.20 Å². The summed E-state index contributed by atoms with van der Waals surface area (Å²) in [6.07, 6.45) is 5.01. The van der Waals surface area contributed by atoms with Gasteiger partial charge < -0.3 is 5.11 Å². The normalized spacial score (nSPS) is 33.8. The lowest BCUT2D eigenvalue weighted by atomic mass is 9.85. The van der Waals surface area contributed by atoms with Gasteiger partial charge in [-0.05, 0) is 43.4 Å². The third-order valence-electron chi connectivity index (χ3n) is 4.98. The molecule has 1 aromatic heterocycles. The van der Waals surface area contributed by atoms with E-state index >= 15 is 0 Å². The summed E-state index contributed by atoms with van der Waals surface area (Å²) in [5.74, 6) is 0. The Bertz CT molecular complexity index is 683. The molecule has 0 radical (unpaired) electrons. The number of benzene rings is 1. The fourth-order valence-corrected chi connectivity index (χ4v) is 5.96. The summed E-state index contributed by atoms with van der Waals surface area (Å²) in [4.78, 5) is 4.35. The van der Waals surface area contributed by atoms with Crippen molar-refractivity contribution in [2.24, 2.45) is 0 Å². The number of rotatable bonds is 2. The molecule has 4 rings (SSSR count). The Morgan fingerprint density at radius 1 is 1.05 bits per heavy atom. The van der Waals surface area contributed by atoms with Crippen LogP contribution < -0.4 is 0 Å². The van der Waals surface area contributed by atoms with Crippen LogP contribution in [0.5, 0.6) is 0 Å². The summed E-state index contributed by atoms with van der Waals surface area (Å²) in [7, 11) is -0.743. The maximum Gasteiger partial charge on any atom is 0.0919 e. The standard InChI is InChI=1S/C18H19NO2S/c20-18(11-15-8-9-16(12-18)22(15)21)14-6-4-13(5-7-14)17-3-1-2-10-19-17/h1-7,10,15-16,20H,8-9,11-12H2. The van der Waals surface area contributed by atoms with Gasteiger partial charge in [0.25, 0.3) is 0 Å². The van der Waals surface area contributed by atoms with Gasteiger partial charge in [-0.25, -0.2) is 0 Å². The van der Waals surface area contributed by atoms with Crippen molar-refractivity contribution in [3.63, 3.8) is 0 Å². The zero-order valence-corrected chi connectivity index (χ0v) is 13.1. The van der Waals surface area contributed by atoms with Gasteiger partial charge in [-0.15, -0.1) is 0 Å². The van der Waals surface area contributed by atoms with Gasteiger partial charge in [-0.3, -0.25) is 9.19 Å². The molecule has 2 fully saturated rings. The van der Waals surface area contributed by atoms with Crippen LogP contribution in [0.1, 0.15) is 31.2 Å². The number of aliphatic hydroxyl groups is 1. The molecule has 0 saturated carbocycles. The molecule has 2 unspecified atom stereocenters. The maximum atomic E-state index is 12.1. The molecule has 0 amide bonds. The summed E-state index contributed by atoms with van der Waals surface area (Å²) < 4.78 is 12.1. The molecule has 3 nitrogen and oxygen atoms in total. The first-order valence-electron chi connectivity index (χ1n) is 7.79. The van der Waals surface area contributed by atoms with E-state index in [2.05, 4.69) is 4.98 Å². The van der Waals surface area contributed by atoms with E-state index < -0.39 is 16.4 Å². The quantitative estimate of drug-likeness (QED) is 0.927. The third kappa shape index (κ3) is 2.31. The first-order valence-corrected chi connectivity index (χ1v) is 9.07. The van der Waals surface area contributed by atoms with Gasteiger partial charge in [-0.1, -0.05) is 30.3 Å². The van der Waals surface area contributed by atoms with Gasteiger partial charge in [0.1, 0.15) is 0 Å². The van der Waals surface area contributed by atoms with Crippen LogP contribution >= 0.6 is 0 Å². The number of pyridine rings is 1. The minimum Gasteiger partial charge on any atom is -0.385 e. The van der Waals surface area contributed by atoms with Crippen molar-refractivity contribution in [1.29, 1.82) is 0 Å². The van der Waals surface area contributed by atoms with Gasteiger partial charge in [0.15, 0.2) is 0 Å². The van der Waals surface area contributed by atoms with E-state index in [1.165, 1.54) is 0 Å². The van der Waals surface area contributed by atoms with Crippen LogP contribution in [0.15, 0.2) is 48.7 Å². The van der Waals surface area contributed by atoms with E-state index in [-0.39, 0.29) is 10.5 Å². The van der Waals surface area contributed by atoms with Crippen LogP contribution in [0, 0.1) is 0 Å². The molecule has 2 aliphatic rings. The van der Waals surface area contributed by atoms with Gasteiger partial charge >= 0.3 is 0 Å². The second kappa shape index (κ2) is 5.28. The van der Waals surface area contributed by atoms with Crippen molar-refractivity contribution in [2.75, 3.05) is 0 Å². The molecule has 0 spiro atoms. The average molecular weight is 313 g/mol. The predicted octanol–water partition coefficient (Wildman–Crippen LogP) is 3.01. The van der Waals surface area contributed by atoms with Crippen molar-refractivity contribution < 1.29 is 9.32 Å². The minimum atomic E-state index is -0.817. The fraction of sp³-hybridized carbons (Fsp3) is 0.389. The third-order valence-corrected chi connectivity index (χ3v) is 7.10. The number of hydrogen-bond donors (Lipinski definition) is 1. The SMILES string of the molecule is O=S1C2CCC1CC(O)(c1ccc(-c3ccccn3)cc1)C2. The molecule has 2 aliphatic heterocycles. The second-order valence-corrected chi connectivity index (χ2v) is 8.37. The van der Waals surface area contributed by atoms with Crippen molar-refractivity contribution in [3.8, 4) is 11.3 Å². The van der Waals surface area contributed by atoms with Gasteiger partial charge in [0.05, 0.1) is 11.3 Å².